The van der Waals surface area contributed by atoms with Crippen LogP contribution in [0.15, 0.2) is 59.5 Å². The second-order valence-corrected chi connectivity index (χ2v) is 14.9. The number of methoxy groups -OCH3 is 1. The lowest BCUT2D eigenvalue weighted by molar-refractivity contribution is 0.0618. The summed E-state index contributed by atoms with van der Waals surface area (Å²) in [6.07, 6.45) is 6.79. The Labute approximate surface area is 261 Å². The van der Waals surface area contributed by atoms with Gasteiger partial charge in [-0.05, 0) is 85.2 Å². The predicted molar refractivity (Wildman–Crippen MR) is 174 cm³/mol. The Morgan fingerprint density at radius 1 is 1.05 bits per heavy atom. The number of amides is 2. The molecule has 1 aliphatic heterocycles. The van der Waals surface area contributed by atoms with E-state index in [4.69, 9.17) is 9.72 Å². The standard InChI is InChI=1S/C35H44N4O4S/c1-4-38(24-43-3)22-26-10-15-29(27-11-12-27)30(20-26)31-16-17-32-33(37-31)35(18-6-7-19-35)23-39(32)34(40)36-21-25-8-13-28(14-9-25)44(41,42)5-2/h8-10,13-17,20,27H,4-7,11-12,18-19,21-24H2,1-3H3,(H,36,40). The van der Waals surface area contributed by atoms with E-state index >= 15 is 0 Å². The smallest absolute Gasteiger partial charge is 0.322 e. The van der Waals surface area contributed by atoms with Crippen LogP contribution in [0.2, 0.25) is 0 Å². The number of rotatable bonds is 11. The minimum Gasteiger partial charge on any atom is -0.369 e. The lowest BCUT2D eigenvalue weighted by atomic mass is 9.84. The summed E-state index contributed by atoms with van der Waals surface area (Å²) < 4.78 is 29.7. The molecule has 44 heavy (non-hydrogen) atoms. The van der Waals surface area contributed by atoms with Gasteiger partial charge in [-0.15, -0.1) is 0 Å². The van der Waals surface area contributed by atoms with Crippen molar-refractivity contribution in [3.8, 4) is 11.3 Å². The van der Waals surface area contributed by atoms with Crippen molar-refractivity contribution in [1.29, 1.82) is 0 Å². The van der Waals surface area contributed by atoms with E-state index in [0.29, 0.717) is 30.6 Å². The van der Waals surface area contributed by atoms with Gasteiger partial charge in [0.2, 0.25) is 0 Å². The second kappa shape index (κ2) is 12.6. The van der Waals surface area contributed by atoms with Crippen molar-refractivity contribution < 1.29 is 17.9 Å². The fourth-order valence-electron chi connectivity index (χ4n) is 6.92. The van der Waals surface area contributed by atoms with Gasteiger partial charge >= 0.3 is 6.03 Å². The zero-order valence-corrected chi connectivity index (χ0v) is 27.0. The Balaban J connectivity index is 1.26. The van der Waals surface area contributed by atoms with E-state index in [9.17, 15) is 13.2 Å². The number of hydrogen-bond acceptors (Lipinski definition) is 6. The van der Waals surface area contributed by atoms with Gasteiger partial charge < -0.3 is 10.1 Å². The molecule has 1 spiro atoms. The molecule has 2 saturated carbocycles. The number of nitrogens with one attached hydrogen (secondary N) is 1. The summed E-state index contributed by atoms with van der Waals surface area (Å²) in [6.45, 7) is 7.08. The van der Waals surface area contributed by atoms with Crippen LogP contribution in [0.5, 0.6) is 0 Å². The molecule has 2 aliphatic carbocycles. The second-order valence-electron chi connectivity index (χ2n) is 12.6. The number of fused-ring (bicyclic) bond motifs is 2. The number of anilines is 1. The summed E-state index contributed by atoms with van der Waals surface area (Å²) in [5.41, 5.74) is 7.54. The molecular formula is C35H44N4O4S. The fraction of sp³-hybridized carbons (Fsp3) is 0.486. The Morgan fingerprint density at radius 3 is 2.43 bits per heavy atom. The number of urea groups is 1. The molecule has 2 aromatic carbocycles. The zero-order valence-electron chi connectivity index (χ0n) is 26.1. The van der Waals surface area contributed by atoms with Crippen molar-refractivity contribution in [2.45, 2.75) is 81.7 Å². The average molecular weight is 617 g/mol. The largest absolute Gasteiger partial charge is 0.369 e. The number of pyridine rings is 1. The van der Waals surface area contributed by atoms with E-state index in [1.807, 2.05) is 4.90 Å². The van der Waals surface area contributed by atoms with Crippen molar-refractivity contribution in [3.05, 3.63) is 77.0 Å². The normalized spacial score (nSPS) is 17.4. The van der Waals surface area contributed by atoms with Crippen LogP contribution in [0.1, 0.15) is 80.7 Å². The van der Waals surface area contributed by atoms with Crippen molar-refractivity contribution in [2.75, 3.05) is 37.6 Å². The van der Waals surface area contributed by atoms with Gasteiger partial charge in [-0.1, -0.05) is 51.0 Å². The van der Waals surface area contributed by atoms with Crippen LogP contribution in [-0.2, 0) is 33.1 Å². The minimum atomic E-state index is -3.26. The maximum absolute atomic E-state index is 13.6. The van der Waals surface area contributed by atoms with Gasteiger partial charge in [0.15, 0.2) is 9.84 Å². The molecule has 3 aliphatic rings. The van der Waals surface area contributed by atoms with Crippen molar-refractivity contribution in [3.63, 3.8) is 0 Å². The number of benzene rings is 2. The van der Waals surface area contributed by atoms with Gasteiger partial charge in [-0.2, -0.15) is 0 Å². The third-order valence-electron chi connectivity index (χ3n) is 9.62. The average Bonchev–Trinajstić information content (AvgIpc) is 3.70. The molecule has 1 aromatic heterocycles. The Morgan fingerprint density at radius 2 is 1.77 bits per heavy atom. The molecule has 9 heteroatoms. The van der Waals surface area contributed by atoms with Crippen LogP contribution < -0.4 is 10.2 Å². The molecule has 3 aromatic rings. The number of nitrogens with zero attached hydrogens (tertiary/aromatic N) is 3. The molecule has 8 nitrogen and oxygen atoms in total. The van der Waals surface area contributed by atoms with Gasteiger partial charge in [0.05, 0.1) is 34.5 Å². The van der Waals surface area contributed by atoms with Gasteiger partial charge in [0.1, 0.15) is 0 Å². The molecule has 234 valence electrons. The molecule has 2 amide bonds. The number of carbonyl (C=O) groups is 1. The lowest BCUT2D eigenvalue weighted by Crippen LogP contribution is -2.41. The first-order valence-electron chi connectivity index (χ1n) is 16.0. The monoisotopic (exact) mass is 616 g/mol. The highest BCUT2D eigenvalue weighted by molar-refractivity contribution is 7.91. The summed E-state index contributed by atoms with van der Waals surface area (Å²) in [5.74, 6) is 0.655. The van der Waals surface area contributed by atoms with E-state index < -0.39 is 9.84 Å². The molecule has 0 atom stereocenters. The van der Waals surface area contributed by atoms with E-state index in [2.05, 4.69) is 47.5 Å². The number of carbonyl (C=O) groups excluding carboxylic acids is 1. The van der Waals surface area contributed by atoms with Crippen LogP contribution in [0, 0.1) is 0 Å². The highest BCUT2D eigenvalue weighted by atomic mass is 32.2. The topological polar surface area (TPSA) is 91.8 Å². The highest BCUT2D eigenvalue weighted by Gasteiger charge is 2.48. The Hall–Kier alpha value is -3.27. The molecule has 0 radical (unpaired) electrons. The molecule has 0 saturated heterocycles. The molecule has 6 rings (SSSR count). The van der Waals surface area contributed by atoms with Gasteiger partial charge in [-0.25, -0.2) is 18.2 Å². The quantitative estimate of drug-likeness (QED) is 0.251. The number of ether oxygens (including phenoxy) is 1. The zero-order chi connectivity index (χ0) is 30.9. The minimum absolute atomic E-state index is 0.0636. The van der Waals surface area contributed by atoms with Crippen LogP contribution in [0.4, 0.5) is 10.5 Å². The first-order chi connectivity index (χ1) is 21.3. The van der Waals surface area contributed by atoms with Crippen LogP contribution >= 0.6 is 0 Å². The number of sulfone groups is 1. The first kappa shape index (κ1) is 30.7. The molecular weight excluding hydrogens is 572 g/mol. The van der Waals surface area contributed by atoms with Crippen molar-refractivity contribution >= 4 is 21.6 Å². The van der Waals surface area contributed by atoms with Gasteiger partial charge in [0, 0.05) is 37.7 Å². The van der Waals surface area contributed by atoms with Crippen LogP contribution in [0.3, 0.4) is 0 Å². The molecule has 2 fully saturated rings. The van der Waals surface area contributed by atoms with Crippen LogP contribution in [0.25, 0.3) is 11.3 Å². The Bertz CT molecular complexity index is 1610. The summed E-state index contributed by atoms with van der Waals surface area (Å²) >= 11 is 0. The third kappa shape index (κ3) is 6.14. The maximum atomic E-state index is 13.6. The number of hydrogen-bond donors (Lipinski definition) is 1. The van der Waals surface area contributed by atoms with Gasteiger partial charge in [-0.3, -0.25) is 9.80 Å². The van der Waals surface area contributed by atoms with Gasteiger partial charge in [0.25, 0.3) is 0 Å². The molecule has 2 heterocycles. The molecule has 0 unspecified atom stereocenters. The van der Waals surface area contributed by atoms with E-state index in [1.54, 1.807) is 38.3 Å². The highest BCUT2D eigenvalue weighted by Crippen LogP contribution is 2.51. The summed E-state index contributed by atoms with van der Waals surface area (Å²) in [7, 11) is -1.52. The van der Waals surface area contributed by atoms with Crippen molar-refractivity contribution in [1.82, 2.24) is 15.2 Å². The molecule has 1 N–H and O–H groups in total. The predicted octanol–water partition coefficient (Wildman–Crippen LogP) is 6.39. The van der Waals surface area contributed by atoms with Crippen LogP contribution in [-0.4, -0.2) is 57.0 Å². The lowest BCUT2D eigenvalue weighted by Gasteiger charge is -2.24. The first-order valence-corrected chi connectivity index (χ1v) is 17.6. The van der Waals surface area contributed by atoms with E-state index in [-0.39, 0.29) is 17.2 Å². The van der Waals surface area contributed by atoms with E-state index in [1.165, 1.54) is 29.5 Å². The van der Waals surface area contributed by atoms with E-state index in [0.717, 1.165) is 61.4 Å². The molecule has 0 bridgehead atoms. The summed E-state index contributed by atoms with van der Waals surface area (Å²) in [5, 5.41) is 3.08. The van der Waals surface area contributed by atoms with Crippen molar-refractivity contribution in [2.24, 2.45) is 0 Å². The summed E-state index contributed by atoms with van der Waals surface area (Å²) in [6, 6.07) is 17.7. The number of aromatic nitrogens is 1. The maximum Gasteiger partial charge on any atom is 0.322 e. The summed E-state index contributed by atoms with van der Waals surface area (Å²) in [4.78, 5) is 23.4. The fourth-order valence-corrected chi connectivity index (χ4v) is 7.80. The third-order valence-corrected chi connectivity index (χ3v) is 11.4. The Kier molecular flexibility index (Phi) is 8.81. The SMILES string of the molecule is CCN(COC)Cc1ccc(C2CC2)c(-c2ccc3c(n2)C2(CCCC2)CN3C(=O)NCc2ccc(S(=O)(=O)CC)cc2)c1.